The van der Waals surface area contributed by atoms with E-state index in [9.17, 15) is 10.1 Å². The number of halogens is 1. The van der Waals surface area contributed by atoms with Gasteiger partial charge in [0, 0.05) is 28.4 Å². The van der Waals surface area contributed by atoms with E-state index >= 15 is 0 Å². The number of amides is 1. The van der Waals surface area contributed by atoms with Gasteiger partial charge in [-0.25, -0.2) is 0 Å². The fourth-order valence-corrected chi connectivity index (χ4v) is 4.66. The Kier molecular flexibility index (Phi) is 10.6. The maximum absolute atomic E-state index is 12.8. The van der Waals surface area contributed by atoms with Crippen molar-refractivity contribution in [2.24, 2.45) is 26.8 Å². The van der Waals surface area contributed by atoms with Crippen molar-refractivity contribution in [3.05, 3.63) is 69.9 Å². The van der Waals surface area contributed by atoms with Gasteiger partial charge in [0.15, 0.2) is 5.71 Å². The molecule has 1 aromatic rings. The summed E-state index contributed by atoms with van der Waals surface area (Å²) >= 11 is 6.12. The Morgan fingerprint density at radius 1 is 1.32 bits per heavy atom. The van der Waals surface area contributed by atoms with Gasteiger partial charge in [-0.3, -0.25) is 14.8 Å². The molecule has 200 valence electrons. The smallest absolute Gasteiger partial charge is 0.273 e. The van der Waals surface area contributed by atoms with Crippen LogP contribution >= 0.6 is 11.6 Å². The van der Waals surface area contributed by atoms with Crippen LogP contribution < -0.4 is 11.2 Å². The number of nitrogens with zero attached hydrogens (tertiary/aromatic N) is 4. The molecule has 1 amide bonds. The summed E-state index contributed by atoms with van der Waals surface area (Å²) in [4.78, 5) is 22.1. The third-order valence-electron chi connectivity index (χ3n) is 6.88. The molecule has 0 heterocycles. The second-order valence-corrected chi connectivity index (χ2v) is 10.3. The van der Waals surface area contributed by atoms with E-state index in [4.69, 9.17) is 22.4 Å². The molecule has 38 heavy (non-hydrogen) atoms. The number of carbonyl (C=O) groups excluding carboxylic acids is 1. The number of nitrogens with two attached hydrogens (primary N) is 1. The average Bonchev–Trinajstić information content (AvgIpc) is 3.72. The Balaban J connectivity index is 1.57. The predicted molar refractivity (Wildman–Crippen MR) is 157 cm³/mol. The van der Waals surface area contributed by atoms with E-state index in [-0.39, 0.29) is 29.6 Å². The maximum atomic E-state index is 12.8. The van der Waals surface area contributed by atoms with Gasteiger partial charge in [-0.15, -0.1) is 0 Å². The number of allylic oxidation sites excluding steroid dienone is 4. The van der Waals surface area contributed by atoms with Gasteiger partial charge >= 0.3 is 0 Å². The van der Waals surface area contributed by atoms with Crippen LogP contribution in [-0.2, 0) is 4.79 Å². The molecule has 0 aromatic heterocycles. The largest absolute Gasteiger partial charge is 0.348 e. The van der Waals surface area contributed by atoms with Crippen molar-refractivity contribution in [2.75, 3.05) is 0 Å². The van der Waals surface area contributed by atoms with E-state index in [1.165, 1.54) is 19.1 Å². The number of nitrogens with one attached hydrogen (secondary N) is 1. The van der Waals surface area contributed by atoms with Crippen molar-refractivity contribution in [1.29, 1.82) is 5.26 Å². The molecule has 3 rings (SSSR count). The fraction of sp³-hybridized carbons (Fsp3) is 0.433. The minimum Gasteiger partial charge on any atom is -0.348 e. The summed E-state index contributed by atoms with van der Waals surface area (Å²) in [6.45, 7) is 8.08. The molecule has 3 N–H and O–H groups in total. The van der Waals surface area contributed by atoms with E-state index in [0.29, 0.717) is 16.5 Å². The molecule has 0 spiro atoms. The highest BCUT2D eigenvalue weighted by Crippen LogP contribution is 2.39. The Hall–Kier alpha value is -3.50. The van der Waals surface area contributed by atoms with Gasteiger partial charge in [0.1, 0.15) is 0 Å². The van der Waals surface area contributed by atoms with Crippen molar-refractivity contribution in [2.45, 2.75) is 77.8 Å². The van der Waals surface area contributed by atoms with Crippen LogP contribution in [0.1, 0.15) is 76.8 Å². The number of benzene rings is 1. The third-order valence-corrected chi connectivity index (χ3v) is 7.11. The van der Waals surface area contributed by atoms with E-state index in [2.05, 4.69) is 40.6 Å². The van der Waals surface area contributed by atoms with Gasteiger partial charge < -0.3 is 11.2 Å². The van der Waals surface area contributed by atoms with Crippen LogP contribution in [0.5, 0.6) is 0 Å². The van der Waals surface area contributed by atoms with E-state index in [1.807, 2.05) is 39.0 Å². The molecule has 1 aromatic carbocycles. The molecular formula is C30H37ClN6O. The van der Waals surface area contributed by atoms with E-state index in [0.717, 1.165) is 41.8 Å². The lowest BCUT2D eigenvalue weighted by Crippen LogP contribution is -2.46. The van der Waals surface area contributed by atoms with Crippen molar-refractivity contribution >= 4 is 35.1 Å². The number of aliphatic imine (C=N–C) groups is 2. The van der Waals surface area contributed by atoms with Gasteiger partial charge in [-0.1, -0.05) is 36.8 Å². The molecule has 0 aliphatic heterocycles. The lowest BCUT2D eigenvalue weighted by atomic mass is 9.74. The zero-order valence-corrected chi connectivity index (χ0v) is 23.4. The Morgan fingerprint density at radius 3 is 2.66 bits per heavy atom. The Labute approximate surface area is 231 Å². The van der Waals surface area contributed by atoms with Crippen molar-refractivity contribution in [3.8, 4) is 6.07 Å². The van der Waals surface area contributed by atoms with Crippen LogP contribution in [0, 0.1) is 17.2 Å². The third kappa shape index (κ3) is 8.00. The number of hydrogen-bond donors (Lipinski definition) is 2. The highest BCUT2D eigenvalue weighted by atomic mass is 35.5. The molecule has 2 aliphatic rings. The first-order valence-corrected chi connectivity index (χ1v) is 13.6. The van der Waals surface area contributed by atoms with Gasteiger partial charge in [0.25, 0.3) is 5.91 Å². The van der Waals surface area contributed by atoms with Crippen LogP contribution in [0.4, 0.5) is 0 Å². The van der Waals surface area contributed by atoms with Crippen LogP contribution in [0.3, 0.4) is 0 Å². The lowest BCUT2D eigenvalue weighted by Gasteiger charge is -2.36. The summed E-state index contributed by atoms with van der Waals surface area (Å²) in [5.74, 6) is 5.94. The number of carbonyl (C=O) groups is 1. The molecule has 1 unspecified atom stereocenters. The fourth-order valence-electron chi connectivity index (χ4n) is 4.48. The number of nitriles is 1. The first-order valence-electron chi connectivity index (χ1n) is 13.2. The van der Waals surface area contributed by atoms with Gasteiger partial charge in [0.2, 0.25) is 0 Å². The first kappa shape index (κ1) is 29.1. The average molecular weight is 533 g/mol. The minimum atomic E-state index is -0.364. The summed E-state index contributed by atoms with van der Waals surface area (Å²) in [7, 11) is 0. The molecule has 0 saturated heterocycles. The zero-order valence-electron chi connectivity index (χ0n) is 22.6. The van der Waals surface area contributed by atoms with Gasteiger partial charge in [0.05, 0.1) is 23.9 Å². The monoisotopic (exact) mass is 532 g/mol. The molecule has 8 heteroatoms. The summed E-state index contributed by atoms with van der Waals surface area (Å²) in [5, 5.41) is 16.6. The van der Waals surface area contributed by atoms with Gasteiger partial charge in [-0.2, -0.15) is 10.4 Å². The van der Waals surface area contributed by atoms with E-state index < -0.39 is 0 Å². The molecule has 7 nitrogen and oxygen atoms in total. The van der Waals surface area contributed by atoms with Crippen LogP contribution in [0.25, 0.3) is 0 Å². The number of hydrogen-bond acceptors (Lipinski definition) is 6. The minimum absolute atomic E-state index is 0.0287. The van der Waals surface area contributed by atoms with Crippen LogP contribution in [0.2, 0.25) is 5.02 Å². The molecule has 2 aliphatic carbocycles. The summed E-state index contributed by atoms with van der Waals surface area (Å²) in [6.07, 6.45) is 14.4. The SMILES string of the molecule is C\C=C(/N=C(C)/C=C\C(=C/CC)C(C)N=C/C(=N\N)C(=O)NC1CC(c2cc(Cl)ccc2C#N)C1)C1CC1. The Bertz CT molecular complexity index is 1240. The standard InChI is InChI=1S/C30H37ClN6O/c1-5-7-21(9-8-19(3)35-28(6-2)22-10-11-22)20(4)34-18-29(37-33)30(38)36-26-14-24(15-26)27-16-25(31)13-12-23(27)17-32/h6-9,12-13,16,18,20,22,24,26H,5,10-11,14-15,33H2,1-4H3,(H,36,38)/b9-8-,21-7+,28-6-,34-18?,35-19+,37-29+. The van der Waals surface area contributed by atoms with Crippen LogP contribution in [0.15, 0.2) is 68.9 Å². The van der Waals surface area contributed by atoms with Gasteiger partial charge in [-0.05, 0) is 94.2 Å². The Morgan fingerprint density at radius 2 is 2.05 bits per heavy atom. The predicted octanol–water partition coefficient (Wildman–Crippen LogP) is 6.02. The van der Waals surface area contributed by atoms with Crippen molar-refractivity contribution in [1.82, 2.24) is 5.32 Å². The highest BCUT2D eigenvalue weighted by Gasteiger charge is 2.33. The highest BCUT2D eigenvalue weighted by molar-refractivity contribution is 6.60. The second-order valence-electron chi connectivity index (χ2n) is 9.84. The summed E-state index contributed by atoms with van der Waals surface area (Å²) in [6, 6.07) is 7.28. The number of rotatable bonds is 11. The maximum Gasteiger partial charge on any atom is 0.273 e. The van der Waals surface area contributed by atoms with E-state index in [1.54, 1.807) is 12.1 Å². The molecule has 0 bridgehead atoms. The van der Waals surface area contributed by atoms with Crippen molar-refractivity contribution in [3.63, 3.8) is 0 Å². The molecule has 2 saturated carbocycles. The summed E-state index contributed by atoms with van der Waals surface area (Å²) < 4.78 is 0. The molecule has 1 atom stereocenters. The quantitative estimate of drug-likeness (QED) is 0.157. The number of hydrazone groups is 1. The summed E-state index contributed by atoms with van der Waals surface area (Å²) in [5.41, 5.74) is 4.74. The van der Waals surface area contributed by atoms with Crippen LogP contribution in [-0.4, -0.2) is 35.6 Å². The first-order chi connectivity index (χ1) is 18.3. The van der Waals surface area contributed by atoms with Crippen molar-refractivity contribution < 1.29 is 4.79 Å². The second kappa shape index (κ2) is 13.9. The topological polar surface area (TPSA) is 116 Å². The molecule has 2 fully saturated rings. The molecular weight excluding hydrogens is 496 g/mol. The molecule has 0 radical (unpaired) electrons. The lowest BCUT2D eigenvalue weighted by molar-refractivity contribution is -0.115. The zero-order chi connectivity index (χ0) is 27.7. The normalized spacial score (nSPS) is 21.9.